The number of hydrogen-bond donors (Lipinski definition) is 0. The Labute approximate surface area is 144 Å². The van der Waals surface area contributed by atoms with Crippen molar-refractivity contribution in [2.45, 2.75) is 70.4 Å². The maximum atomic E-state index is 6.46. The van der Waals surface area contributed by atoms with Crippen LogP contribution in [0.4, 0.5) is 0 Å². The molecule has 1 unspecified atom stereocenters. The fourth-order valence-corrected chi connectivity index (χ4v) is 3.74. The Kier molecular flexibility index (Phi) is 4.72. The Morgan fingerprint density at radius 1 is 1.12 bits per heavy atom. The highest BCUT2D eigenvalue weighted by Crippen LogP contribution is 2.40. The Morgan fingerprint density at radius 3 is 2.75 bits per heavy atom. The van der Waals surface area contributed by atoms with Gasteiger partial charge in [-0.05, 0) is 46.1 Å². The molecule has 1 aromatic rings. The van der Waals surface area contributed by atoms with Crippen LogP contribution < -0.4 is 4.74 Å². The van der Waals surface area contributed by atoms with Crippen molar-refractivity contribution < 1.29 is 9.47 Å². The third kappa shape index (κ3) is 3.57. The van der Waals surface area contributed by atoms with E-state index in [1.807, 2.05) is 0 Å². The summed E-state index contributed by atoms with van der Waals surface area (Å²) in [6, 6.07) is 0.578. The highest BCUT2D eigenvalue weighted by Gasteiger charge is 2.31. The molecule has 132 valence electrons. The van der Waals surface area contributed by atoms with Crippen molar-refractivity contribution in [2.24, 2.45) is 0 Å². The van der Waals surface area contributed by atoms with E-state index in [2.05, 4.69) is 18.7 Å². The SMILES string of the molecule is CC(C)N1CCCC(Oc2nc(C3CC3)nc3c2CCOCC3)C1. The molecule has 2 aliphatic heterocycles. The van der Waals surface area contributed by atoms with Crippen molar-refractivity contribution in [3.05, 3.63) is 17.1 Å². The van der Waals surface area contributed by atoms with Crippen LogP contribution in [0.25, 0.3) is 0 Å². The first kappa shape index (κ1) is 16.3. The number of ether oxygens (including phenoxy) is 2. The van der Waals surface area contributed by atoms with Gasteiger partial charge in [-0.2, -0.15) is 4.98 Å². The van der Waals surface area contributed by atoms with Crippen LogP contribution in [0.2, 0.25) is 0 Å². The number of aromatic nitrogens is 2. The summed E-state index contributed by atoms with van der Waals surface area (Å²) in [5.74, 6) is 2.41. The molecule has 5 heteroatoms. The molecule has 1 atom stereocenters. The van der Waals surface area contributed by atoms with Gasteiger partial charge in [-0.3, -0.25) is 4.90 Å². The fraction of sp³-hybridized carbons (Fsp3) is 0.789. The lowest BCUT2D eigenvalue weighted by Crippen LogP contribution is -2.44. The Balaban J connectivity index is 1.58. The lowest BCUT2D eigenvalue weighted by molar-refractivity contribution is 0.0664. The minimum atomic E-state index is 0.247. The smallest absolute Gasteiger partial charge is 0.220 e. The summed E-state index contributed by atoms with van der Waals surface area (Å²) in [6.07, 6.45) is 6.77. The van der Waals surface area contributed by atoms with E-state index in [0.29, 0.717) is 12.0 Å². The van der Waals surface area contributed by atoms with Crippen LogP contribution in [0.3, 0.4) is 0 Å². The van der Waals surface area contributed by atoms with Gasteiger partial charge in [0.25, 0.3) is 0 Å². The molecule has 1 saturated carbocycles. The summed E-state index contributed by atoms with van der Waals surface area (Å²) < 4.78 is 12.1. The average molecular weight is 331 g/mol. The zero-order valence-corrected chi connectivity index (χ0v) is 15.0. The summed E-state index contributed by atoms with van der Waals surface area (Å²) in [4.78, 5) is 12.2. The molecule has 1 saturated heterocycles. The van der Waals surface area contributed by atoms with Crippen LogP contribution in [0.5, 0.6) is 5.88 Å². The Hall–Kier alpha value is -1.20. The monoisotopic (exact) mass is 331 g/mol. The van der Waals surface area contributed by atoms with E-state index in [1.165, 1.54) is 31.4 Å². The van der Waals surface area contributed by atoms with Crippen molar-refractivity contribution in [1.29, 1.82) is 0 Å². The van der Waals surface area contributed by atoms with Gasteiger partial charge < -0.3 is 9.47 Å². The van der Waals surface area contributed by atoms with E-state index >= 15 is 0 Å². The van der Waals surface area contributed by atoms with Crippen molar-refractivity contribution in [2.75, 3.05) is 26.3 Å². The van der Waals surface area contributed by atoms with Crippen LogP contribution >= 0.6 is 0 Å². The second kappa shape index (κ2) is 6.96. The standard InChI is InChI=1S/C19H29N3O2/c1-13(2)22-9-3-4-15(12-22)24-19-16-7-10-23-11-8-17(16)20-18(21-19)14-5-6-14/h13-15H,3-12H2,1-2H3. The molecule has 0 spiro atoms. The molecule has 0 radical (unpaired) electrons. The van der Waals surface area contributed by atoms with Gasteiger partial charge in [0, 0.05) is 36.9 Å². The molecule has 1 aromatic heterocycles. The van der Waals surface area contributed by atoms with Crippen LogP contribution in [-0.2, 0) is 17.6 Å². The average Bonchev–Trinajstić information content (AvgIpc) is 3.41. The molecule has 1 aliphatic carbocycles. The maximum absolute atomic E-state index is 6.46. The lowest BCUT2D eigenvalue weighted by Gasteiger charge is -2.35. The third-order valence-electron chi connectivity index (χ3n) is 5.41. The predicted octanol–water partition coefficient (Wildman–Crippen LogP) is 2.72. The quantitative estimate of drug-likeness (QED) is 0.849. The molecule has 3 heterocycles. The van der Waals surface area contributed by atoms with E-state index in [-0.39, 0.29) is 6.10 Å². The van der Waals surface area contributed by atoms with Gasteiger partial charge in [0.05, 0.1) is 18.9 Å². The molecule has 2 fully saturated rings. The number of piperidine rings is 1. The normalized spacial score (nSPS) is 25.4. The molecular formula is C19H29N3O2. The topological polar surface area (TPSA) is 47.5 Å². The van der Waals surface area contributed by atoms with Crippen molar-refractivity contribution in [3.8, 4) is 5.88 Å². The first-order valence-corrected chi connectivity index (χ1v) is 9.59. The van der Waals surface area contributed by atoms with E-state index in [9.17, 15) is 0 Å². The largest absolute Gasteiger partial charge is 0.473 e. The van der Waals surface area contributed by atoms with Crippen LogP contribution in [0, 0.1) is 0 Å². The minimum Gasteiger partial charge on any atom is -0.473 e. The van der Waals surface area contributed by atoms with Crippen molar-refractivity contribution in [3.63, 3.8) is 0 Å². The van der Waals surface area contributed by atoms with Gasteiger partial charge in [-0.15, -0.1) is 0 Å². The number of fused-ring (bicyclic) bond motifs is 1. The van der Waals surface area contributed by atoms with Gasteiger partial charge in [0.15, 0.2) is 0 Å². The summed E-state index contributed by atoms with van der Waals surface area (Å²) in [5, 5.41) is 0. The van der Waals surface area contributed by atoms with Crippen molar-refractivity contribution in [1.82, 2.24) is 14.9 Å². The zero-order valence-electron chi connectivity index (χ0n) is 15.0. The van der Waals surface area contributed by atoms with Gasteiger partial charge in [-0.25, -0.2) is 4.98 Å². The predicted molar refractivity (Wildman–Crippen MR) is 92.6 cm³/mol. The molecule has 4 rings (SSSR count). The van der Waals surface area contributed by atoms with E-state index < -0.39 is 0 Å². The highest BCUT2D eigenvalue weighted by atomic mass is 16.5. The molecular weight excluding hydrogens is 302 g/mol. The summed E-state index contributed by atoms with van der Waals surface area (Å²) >= 11 is 0. The second-order valence-electron chi connectivity index (χ2n) is 7.67. The third-order valence-corrected chi connectivity index (χ3v) is 5.41. The van der Waals surface area contributed by atoms with E-state index in [4.69, 9.17) is 19.4 Å². The molecule has 24 heavy (non-hydrogen) atoms. The van der Waals surface area contributed by atoms with Gasteiger partial charge in [0.1, 0.15) is 11.9 Å². The second-order valence-corrected chi connectivity index (χ2v) is 7.67. The molecule has 0 aromatic carbocycles. The van der Waals surface area contributed by atoms with Gasteiger partial charge >= 0.3 is 0 Å². The maximum Gasteiger partial charge on any atom is 0.220 e. The fourth-order valence-electron chi connectivity index (χ4n) is 3.74. The number of hydrogen-bond acceptors (Lipinski definition) is 5. The van der Waals surface area contributed by atoms with Crippen molar-refractivity contribution >= 4 is 0 Å². The van der Waals surface area contributed by atoms with Crippen LogP contribution in [0.1, 0.15) is 62.5 Å². The summed E-state index contributed by atoms with van der Waals surface area (Å²) in [7, 11) is 0. The molecule has 5 nitrogen and oxygen atoms in total. The molecule has 3 aliphatic rings. The Bertz CT molecular complexity index is 586. The van der Waals surface area contributed by atoms with Gasteiger partial charge in [-0.1, -0.05) is 0 Å². The van der Waals surface area contributed by atoms with Gasteiger partial charge in [0.2, 0.25) is 5.88 Å². The van der Waals surface area contributed by atoms with Crippen LogP contribution in [-0.4, -0.2) is 53.3 Å². The first-order valence-electron chi connectivity index (χ1n) is 9.59. The zero-order chi connectivity index (χ0) is 16.5. The lowest BCUT2D eigenvalue weighted by atomic mass is 10.1. The first-order chi connectivity index (χ1) is 11.7. The number of rotatable bonds is 4. The molecule has 0 bridgehead atoms. The molecule has 0 N–H and O–H groups in total. The Morgan fingerprint density at radius 2 is 1.96 bits per heavy atom. The van der Waals surface area contributed by atoms with E-state index in [0.717, 1.165) is 56.4 Å². The number of nitrogens with zero attached hydrogens (tertiary/aromatic N) is 3. The summed E-state index contributed by atoms with van der Waals surface area (Å²) in [5.41, 5.74) is 2.36. The summed E-state index contributed by atoms with van der Waals surface area (Å²) in [6.45, 7) is 8.23. The highest BCUT2D eigenvalue weighted by molar-refractivity contribution is 5.34. The minimum absolute atomic E-state index is 0.247. The van der Waals surface area contributed by atoms with Crippen LogP contribution in [0.15, 0.2) is 0 Å². The van der Waals surface area contributed by atoms with E-state index in [1.54, 1.807) is 0 Å². The molecule has 0 amide bonds. The number of likely N-dealkylation sites (tertiary alicyclic amines) is 1.